The molecule has 0 aliphatic carbocycles. The Bertz CT molecular complexity index is 6700. The first-order chi connectivity index (χ1) is 56.8. The summed E-state index contributed by atoms with van der Waals surface area (Å²) in [5, 5.41) is 10.2. The molecule has 0 amide bonds. The first-order valence-electron chi connectivity index (χ1n) is 40.7. The molecule has 0 saturated carbocycles. The summed E-state index contributed by atoms with van der Waals surface area (Å²) in [5.41, 5.74) is 33.7. The van der Waals surface area contributed by atoms with E-state index in [-0.39, 0.29) is 17.5 Å². The molecule has 19 aromatic carbocycles. The minimum atomic E-state index is -0.341. The van der Waals surface area contributed by atoms with E-state index in [0.717, 1.165) is 124 Å². The number of nitrogens with zero attached hydrogens (tertiary/aromatic N) is 3. The van der Waals surface area contributed by atoms with Gasteiger partial charge < -0.3 is 14.7 Å². The molecule has 2 heterocycles. The summed E-state index contributed by atoms with van der Waals surface area (Å²) >= 11 is 0. The van der Waals surface area contributed by atoms with Gasteiger partial charge in [-0.25, -0.2) is 0 Å². The highest BCUT2D eigenvalue weighted by atomic mass is 15.2. The van der Waals surface area contributed by atoms with E-state index < -0.39 is 0 Å². The van der Waals surface area contributed by atoms with Crippen molar-refractivity contribution < 1.29 is 0 Å². The van der Waals surface area contributed by atoms with Crippen molar-refractivity contribution in [1.82, 2.24) is 0 Å². The average Bonchev–Trinajstić information content (AvgIpc) is 0.685. The third-order valence-electron chi connectivity index (χ3n) is 24.5. The Hall–Kier alpha value is -14.1. The number of hydrogen-bond donors (Lipinski definition) is 0. The molecule has 0 bridgehead atoms. The monoisotopic (exact) mass is 1480 g/mol. The molecule has 4 heteroatoms. The van der Waals surface area contributed by atoms with E-state index in [9.17, 15) is 0 Å². The molecule has 0 saturated heterocycles. The number of anilines is 9. The van der Waals surface area contributed by atoms with Crippen LogP contribution in [0.15, 0.2) is 400 Å². The fourth-order valence-corrected chi connectivity index (χ4v) is 18.8. The highest BCUT2D eigenvalue weighted by Gasteiger charge is 2.47. The molecule has 0 aromatic heterocycles. The van der Waals surface area contributed by atoms with Crippen molar-refractivity contribution in [2.45, 2.75) is 52.4 Å². The molecule has 2 aliphatic heterocycles. The molecule has 3 nitrogen and oxygen atoms in total. The van der Waals surface area contributed by atoms with Crippen LogP contribution in [0.25, 0.3) is 132 Å². The Balaban J connectivity index is 0.946. The SMILES string of the molecule is CC(C)(C)c1cc(-c2ccccc2)c(N2c3ccc(-c4ccccc4)cc3B3c4cc(-c5ccc6c7cccc8cccc(c9cccc5c96)c87)ccc4N(c4c(-c5ccccc5)cc(C(C)(C)C)cc4-c4ccccc4)c4cc(N(c5ccc(-c6ccccc6)cc5)c5ccc(-c6ccccc6)cc5)cc2c43)c(-c2ccccc2)c1. The maximum absolute atomic E-state index is 2.72. The Labute approximate surface area is 680 Å². The van der Waals surface area contributed by atoms with Crippen LogP contribution in [0.2, 0.25) is 0 Å². The molecule has 0 atom stereocenters. The van der Waals surface area contributed by atoms with Gasteiger partial charge in [-0.15, -0.1) is 0 Å². The van der Waals surface area contributed by atoms with Crippen LogP contribution in [-0.4, -0.2) is 6.71 Å². The van der Waals surface area contributed by atoms with Crippen molar-refractivity contribution in [1.29, 1.82) is 0 Å². The van der Waals surface area contributed by atoms with Crippen LogP contribution in [0.1, 0.15) is 52.7 Å². The minimum Gasteiger partial charge on any atom is -0.310 e. The van der Waals surface area contributed by atoms with E-state index >= 15 is 0 Å². The third-order valence-corrected chi connectivity index (χ3v) is 24.5. The first kappa shape index (κ1) is 69.9. The maximum Gasteiger partial charge on any atom is 0.252 e. The van der Waals surface area contributed by atoms with E-state index in [1.165, 1.54) is 87.3 Å². The first-order valence-corrected chi connectivity index (χ1v) is 40.7. The van der Waals surface area contributed by atoms with Gasteiger partial charge in [-0.1, -0.05) is 369 Å². The maximum atomic E-state index is 2.72. The van der Waals surface area contributed by atoms with Gasteiger partial charge in [-0.05, 0) is 221 Å². The Morgan fingerprint density at radius 3 is 0.940 bits per heavy atom. The highest BCUT2D eigenvalue weighted by Crippen LogP contribution is 2.57. The normalized spacial score (nSPS) is 12.5. The van der Waals surface area contributed by atoms with Gasteiger partial charge in [-0.2, -0.15) is 0 Å². The number of benzene rings is 19. The summed E-state index contributed by atoms with van der Waals surface area (Å²) in [6.45, 7) is 13.8. The molecule has 116 heavy (non-hydrogen) atoms. The van der Waals surface area contributed by atoms with Crippen LogP contribution in [-0.2, 0) is 10.8 Å². The lowest BCUT2D eigenvalue weighted by Crippen LogP contribution is -2.61. The summed E-state index contributed by atoms with van der Waals surface area (Å²) in [5.74, 6) is 0. The van der Waals surface area contributed by atoms with Gasteiger partial charge in [0.05, 0.1) is 17.1 Å². The number of fused-ring (bicyclic) bond motifs is 6. The predicted molar refractivity (Wildman–Crippen MR) is 497 cm³/mol. The Kier molecular flexibility index (Phi) is 16.8. The zero-order chi connectivity index (χ0) is 77.9. The predicted octanol–water partition coefficient (Wildman–Crippen LogP) is 29.2. The van der Waals surface area contributed by atoms with E-state index in [2.05, 4.69) is 457 Å². The molecule has 2 aliphatic rings. The quantitative estimate of drug-likeness (QED) is 0.0647. The van der Waals surface area contributed by atoms with Gasteiger partial charge >= 0.3 is 0 Å². The lowest BCUT2D eigenvalue weighted by atomic mass is 9.33. The van der Waals surface area contributed by atoms with Gasteiger partial charge in [0.2, 0.25) is 0 Å². The fourth-order valence-electron chi connectivity index (χ4n) is 18.8. The molecule has 0 N–H and O–H groups in total. The van der Waals surface area contributed by atoms with Crippen molar-refractivity contribution in [3.63, 3.8) is 0 Å². The van der Waals surface area contributed by atoms with Crippen LogP contribution in [0.5, 0.6) is 0 Å². The van der Waals surface area contributed by atoms with Crippen LogP contribution < -0.4 is 31.1 Å². The second-order valence-electron chi connectivity index (χ2n) is 33.5. The Morgan fingerprint density at radius 1 is 0.224 bits per heavy atom. The molecule has 19 aromatic rings. The van der Waals surface area contributed by atoms with Crippen molar-refractivity contribution >= 4 is 117 Å². The fraction of sp³-hybridized carbons (Fsp3) is 0.0714. The van der Waals surface area contributed by atoms with Gasteiger partial charge in [0.15, 0.2) is 0 Å². The molecular weight excluding hydrogens is 1400 g/mol. The van der Waals surface area contributed by atoms with Crippen molar-refractivity contribution in [3.8, 4) is 89.0 Å². The largest absolute Gasteiger partial charge is 0.310 e. The average molecular weight is 1480 g/mol. The second-order valence-corrected chi connectivity index (χ2v) is 33.5. The highest BCUT2D eigenvalue weighted by molar-refractivity contribution is 7.00. The lowest BCUT2D eigenvalue weighted by Gasteiger charge is -2.46. The standard InChI is InChI=1S/C112H84BN3/c1-111(2,3)85-67-96(78-37-20-10-21-38-78)109(97(68-85)79-39-22-11-23-40-79)115-102-63-55-83(75-35-18-9-19-36-75)65-100(102)113-101-66-84(90-61-62-95-93-48-29-46-82-45-28-47-92(106(82)93)94-50-30-49-91(90)107(94)95)56-64-103(101)116(110-98(80-41-24-12-25-42-80)69-86(112(4,5)6)70-99(110)81-43-26-13-27-44-81)105-72-89(71-104(115)108(105)113)114(87-57-51-76(52-58-87)73-31-14-7-15-32-73)88-59-53-77(54-60-88)74-33-16-8-17-34-74/h7-72H,1-6H3. The zero-order valence-electron chi connectivity index (χ0n) is 66.0. The summed E-state index contributed by atoms with van der Waals surface area (Å²) in [4.78, 5) is 7.96. The Morgan fingerprint density at radius 2 is 0.543 bits per heavy atom. The summed E-state index contributed by atoms with van der Waals surface area (Å²) in [6.07, 6.45) is 0. The van der Waals surface area contributed by atoms with Crippen LogP contribution in [0.4, 0.5) is 51.2 Å². The molecule has 550 valence electrons. The topological polar surface area (TPSA) is 9.72 Å². The van der Waals surface area contributed by atoms with Gasteiger partial charge in [-0.3, -0.25) is 0 Å². The number of hydrogen-bond acceptors (Lipinski definition) is 3. The van der Waals surface area contributed by atoms with Gasteiger partial charge in [0, 0.05) is 56.4 Å². The minimum absolute atomic E-state index is 0.229. The summed E-state index contributed by atoms with van der Waals surface area (Å²) in [7, 11) is 0. The van der Waals surface area contributed by atoms with Crippen LogP contribution >= 0.6 is 0 Å². The van der Waals surface area contributed by atoms with Gasteiger partial charge in [0.25, 0.3) is 6.71 Å². The lowest BCUT2D eigenvalue weighted by molar-refractivity contribution is 0.590. The van der Waals surface area contributed by atoms with Crippen LogP contribution in [0, 0.1) is 0 Å². The molecule has 0 fully saturated rings. The van der Waals surface area contributed by atoms with Crippen molar-refractivity contribution in [2.75, 3.05) is 14.7 Å². The molecular formula is C112H84BN3. The van der Waals surface area contributed by atoms with Crippen molar-refractivity contribution in [3.05, 3.63) is 412 Å². The molecule has 21 rings (SSSR count). The molecule has 0 unspecified atom stereocenters. The molecule has 0 radical (unpaired) electrons. The van der Waals surface area contributed by atoms with Gasteiger partial charge in [0.1, 0.15) is 0 Å². The third kappa shape index (κ3) is 11.9. The summed E-state index contributed by atoms with van der Waals surface area (Å²) < 4.78 is 0. The van der Waals surface area contributed by atoms with Crippen LogP contribution in [0.3, 0.4) is 0 Å². The second kappa shape index (κ2) is 27.9. The molecule has 0 spiro atoms. The number of rotatable bonds is 13. The zero-order valence-corrected chi connectivity index (χ0v) is 66.0. The van der Waals surface area contributed by atoms with Crippen molar-refractivity contribution in [2.24, 2.45) is 0 Å². The summed E-state index contributed by atoms with van der Waals surface area (Å²) in [6, 6.07) is 152. The van der Waals surface area contributed by atoms with E-state index in [4.69, 9.17) is 0 Å². The van der Waals surface area contributed by atoms with E-state index in [0.29, 0.717) is 0 Å². The smallest absolute Gasteiger partial charge is 0.252 e. The van der Waals surface area contributed by atoms with E-state index in [1.807, 2.05) is 0 Å². The van der Waals surface area contributed by atoms with E-state index in [1.54, 1.807) is 0 Å².